The van der Waals surface area contributed by atoms with Crippen LogP contribution in [0.4, 0.5) is 0 Å². The summed E-state index contributed by atoms with van der Waals surface area (Å²) in [7, 11) is 0. The van der Waals surface area contributed by atoms with Crippen molar-refractivity contribution in [1.29, 1.82) is 0 Å². The summed E-state index contributed by atoms with van der Waals surface area (Å²) in [6.07, 6.45) is 1.30. The second-order valence-electron chi connectivity index (χ2n) is 6.44. The topological polar surface area (TPSA) is 75.7 Å². The smallest absolute Gasteiger partial charge is 0.329 e. The molecule has 0 unspecified atom stereocenters. The van der Waals surface area contributed by atoms with Gasteiger partial charge in [0.2, 0.25) is 0 Å². The molecular formula is C20H22N2O4S. The second kappa shape index (κ2) is 8.81. The number of benzene rings is 1. The van der Waals surface area contributed by atoms with E-state index in [0.717, 1.165) is 17.5 Å². The molecule has 2 amide bonds. The van der Waals surface area contributed by atoms with Crippen molar-refractivity contribution in [3.63, 3.8) is 0 Å². The third-order valence-corrected chi connectivity index (χ3v) is 5.46. The molecule has 1 aromatic heterocycles. The minimum Gasteiger partial charge on any atom is -0.454 e. The van der Waals surface area contributed by atoms with Gasteiger partial charge in [-0.25, -0.2) is 4.79 Å². The number of aryl methyl sites for hydroxylation is 1. The Hall–Kier alpha value is -2.67. The lowest BCUT2D eigenvalue weighted by Gasteiger charge is -2.22. The Labute approximate surface area is 162 Å². The second-order valence-corrected chi connectivity index (χ2v) is 7.39. The molecule has 6 nitrogen and oxygen atoms in total. The Morgan fingerprint density at radius 1 is 1.22 bits per heavy atom. The van der Waals surface area contributed by atoms with Gasteiger partial charge in [0.15, 0.2) is 6.61 Å². The minimum atomic E-state index is -0.622. The Morgan fingerprint density at radius 2 is 2.04 bits per heavy atom. The van der Waals surface area contributed by atoms with Crippen LogP contribution in [-0.4, -0.2) is 41.9 Å². The van der Waals surface area contributed by atoms with Gasteiger partial charge in [-0.2, -0.15) is 0 Å². The Kier molecular flexibility index (Phi) is 6.24. The molecule has 0 aliphatic carbocycles. The predicted octanol–water partition coefficient (Wildman–Crippen LogP) is 2.52. The number of nitrogens with one attached hydrogen (secondary N) is 1. The maximum atomic E-state index is 12.5. The molecule has 1 N–H and O–H groups in total. The van der Waals surface area contributed by atoms with E-state index in [9.17, 15) is 14.4 Å². The van der Waals surface area contributed by atoms with Crippen molar-refractivity contribution >= 4 is 29.1 Å². The van der Waals surface area contributed by atoms with Gasteiger partial charge >= 0.3 is 5.97 Å². The molecule has 2 aromatic rings. The van der Waals surface area contributed by atoms with Crippen LogP contribution >= 0.6 is 11.3 Å². The van der Waals surface area contributed by atoms with Gasteiger partial charge in [-0.1, -0.05) is 30.3 Å². The molecule has 0 spiro atoms. The van der Waals surface area contributed by atoms with E-state index in [0.29, 0.717) is 24.4 Å². The SMILES string of the molecule is Cc1ccccc1CNC(=O)COC(=O)[C@@H]1CCCN1C(=O)c1cccs1. The molecule has 0 saturated carbocycles. The van der Waals surface area contributed by atoms with Crippen LogP contribution < -0.4 is 5.32 Å². The van der Waals surface area contributed by atoms with Gasteiger partial charge in [0.1, 0.15) is 6.04 Å². The van der Waals surface area contributed by atoms with E-state index in [2.05, 4.69) is 5.32 Å². The van der Waals surface area contributed by atoms with Gasteiger partial charge in [0.05, 0.1) is 4.88 Å². The highest BCUT2D eigenvalue weighted by Crippen LogP contribution is 2.23. The first-order valence-electron chi connectivity index (χ1n) is 8.88. The van der Waals surface area contributed by atoms with E-state index < -0.39 is 12.0 Å². The van der Waals surface area contributed by atoms with Crippen LogP contribution in [-0.2, 0) is 20.9 Å². The molecule has 1 aliphatic heterocycles. The molecule has 2 heterocycles. The number of ether oxygens (including phenoxy) is 1. The summed E-state index contributed by atoms with van der Waals surface area (Å²) in [5.74, 6) is -1.04. The summed E-state index contributed by atoms with van der Waals surface area (Å²) in [5.41, 5.74) is 2.10. The monoisotopic (exact) mass is 386 g/mol. The van der Waals surface area contributed by atoms with Crippen molar-refractivity contribution in [2.45, 2.75) is 32.4 Å². The molecule has 27 heavy (non-hydrogen) atoms. The number of likely N-dealkylation sites (tertiary alicyclic amines) is 1. The first kappa shape index (κ1) is 19.1. The zero-order valence-corrected chi connectivity index (χ0v) is 16.0. The predicted molar refractivity (Wildman–Crippen MR) is 102 cm³/mol. The molecule has 3 rings (SSSR count). The zero-order valence-electron chi connectivity index (χ0n) is 15.1. The average molecular weight is 386 g/mol. The maximum absolute atomic E-state index is 12.5. The molecule has 1 aromatic carbocycles. The highest BCUT2D eigenvalue weighted by Gasteiger charge is 2.36. The molecular weight excluding hydrogens is 364 g/mol. The van der Waals surface area contributed by atoms with E-state index in [1.54, 1.807) is 17.0 Å². The third-order valence-electron chi connectivity index (χ3n) is 4.60. The van der Waals surface area contributed by atoms with Gasteiger partial charge in [0.25, 0.3) is 11.8 Å². The van der Waals surface area contributed by atoms with E-state index in [1.807, 2.05) is 36.6 Å². The molecule has 0 radical (unpaired) electrons. The van der Waals surface area contributed by atoms with Gasteiger partial charge in [-0.15, -0.1) is 11.3 Å². The fraction of sp³-hybridized carbons (Fsp3) is 0.350. The van der Waals surface area contributed by atoms with Crippen LogP contribution in [0.15, 0.2) is 41.8 Å². The van der Waals surface area contributed by atoms with Crippen LogP contribution in [0.2, 0.25) is 0 Å². The summed E-state index contributed by atoms with van der Waals surface area (Å²) in [4.78, 5) is 39.0. The molecule has 142 valence electrons. The zero-order chi connectivity index (χ0) is 19.2. The fourth-order valence-corrected chi connectivity index (χ4v) is 3.76. The first-order valence-corrected chi connectivity index (χ1v) is 9.76. The molecule has 1 aliphatic rings. The summed E-state index contributed by atoms with van der Waals surface area (Å²) in [6.45, 7) is 2.54. The first-order chi connectivity index (χ1) is 13.1. The number of hydrogen-bond acceptors (Lipinski definition) is 5. The normalized spacial score (nSPS) is 16.2. The third kappa shape index (κ3) is 4.74. The molecule has 7 heteroatoms. The number of nitrogens with zero attached hydrogens (tertiary/aromatic N) is 1. The van der Waals surface area contributed by atoms with Crippen molar-refractivity contribution in [1.82, 2.24) is 10.2 Å². The lowest BCUT2D eigenvalue weighted by molar-refractivity contribution is -0.152. The van der Waals surface area contributed by atoms with Crippen LogP contribution in [0.3, 0.4) is 0 Å². The highest BCUT2D eigenvalue weighted by atomic mass is 32.1. The van der Waals surface area contributed by atoms with Crippen molar-refractivity contribution in [2.24, 2.45) is 0 Å². The van der Waals surface area contributed by atoms with Gasteiger partial charge < -0.3 is 15.0 Å². The fourth-order valence-electron chi connectivity index (χ4n) is 3.08. The maximum Gasteiger partial charge on any atom is 0.329 e. The number of rotatable bonds is 6. The summed E-state index contributed by atoms with van der Waals surface area (Å²) in [6, 6.07) is 10.7. The summed E-state index contributed by atoms with van der Waals surface area (Å²) < 4.78 is 5.16. The van der Waals surface area contributed by atoms with Crippen molar-refractivity contribution in [2.75, 3.05) is 13.2 Å². The lowest BCUT2D eigenvalue weighted by atomic mass is 10.1. The largest absolute Gasteiger partial charge is 0.454 e. The van der Waals surface area contributed by atoms with E-state index >= 15 is 0 Å². The standard InChI is InChI=1S/C20H22N2O4S/c1-14-6-2-3-7-15(14)12-21-18(23)13-26-20(25)16-8-4-10-22(16)19(24)17-9-5-11-27-17/h2-3,5-7,9,11,16H,4,8,10,12-13H2,1H3,(H,21,23)/t16-/m0/s1. The van der Waals surface area contributed by atoms with Gasteiger partial charge in [-0.05, 0) is 42.3 Å². The van der Waals surface area contributed by atoms with Crippen LogP contribution in [0, 0.1) is 6.92 Å². The van der Waals surface area contributed by atoms with Crippen LogP contribution in [0.25, 0.3) is 0 Å². The van der Waals surface area contributed by atoms with Crippen molar-refractivity contribution in [3.8, 4) is 0 Å². The number of hydrogen-bond donors (Lipinski definition) is 1. The van der Waals surface area contributed by atoms with Gasteiger partial charge in [0, 0.05) is 13.1 Å². The summed E-state index contributed by atoms with van der Waals surface area (Å²) in [5, 5.41) is 4.58. The molecule has 1 saturated heterocycles. The molecule has 1 atom stereocenters. The Morgan fingerprint density at radius 3 is 2.78 bits per heavy atom. The minimum absolute atomic E-state index is 0.159. The summed E-state index contributed by atoms with van der Waals surface area (Å²) >= 11 is 1.35. The van der Waals surface area contributed by atoms with E-state index in [1.165, 1.54) is 11.3 Å². The Balaban J connectivity index is 1.49. The number of amides is 2. The number of carbonyl (C=O) groups excluding carboxylic acids is 3. The van der Waals surface area contributed by atoms with Crippen molar-refractivity contribution < 1.29 is 19.1 Å². The quantitative estimate of drug-likeness (QED) is 0.774. The Bertz CT molecular complexity index is 819. The number of esters is 1. The van der Waals surface area contributed by atoms with Crippen molar-refractivity contribution in [3.05, 3.63) is 57.8 Å². The van der Waals surface area contributed by atoms with E-state index in [-0.39, 0.29) is 18.4 Å². The average Bonchev–Trinajstić information content (AvgIpc) is 3.36. The van der Waals surface area contributed by atoms with E-state index in [4.69, 9.17) is 4.74 Å². The van der Waals surface area contributed by atoms with Gasteiger partial charge in [-0.3, -0.25) is 9.59 Å². The lowest BCUT2D eigenvalue weighted by Crippen LogP contribution is -2.42. The highest BCUT2D eigenvalue weighted by molar-refractivity contribution is 7.12. The van der Waals surface area contributed by atoms with Crippen LogP contribution in [0.5, 0.6) is 0 Å². The number of carbonyl (C=O) groups is 3. The molecule has 0 bridgehead atoms. The molecule has 1 fully saturated rings. The van der Waals surface area contributed by atoms with Crippen LogP contribution in [0.1, 0.15) is 33.6 Å². The number of thiophene rings is 1.